The number of anilines is 2. The Hall–Kier alpha value is -2.95. The normalized spacial score (nSPS) is 14.6. The van der Waals surface area contributed by atoms with E-state index < -0.39 is 0 Å². The first-order valence-electron chi connectivity index (χ1n) is 9.96. The largest absolute Gasteiger partial charge is 0.366 e. The maximum absolute atomic E-state index is 13.9. The summed E-state index contributed by atoms with van der Waals surface area (Å²) in [5, 5.41) is 6.76. The lowest BCUT2D eigenvalue weighted by atomic mass is 9.96. The lowest BCUT2D eigenvalue weighted by Gasteiger charge is -2.23. The van der Waals surface area contributed by atoms with E-state index in [0.717, 1.165) is 24.1 Å². The van der Waals surface area contributed by atoms with E-state index in [9.17, 15) is 4.39 Å². The van der Waals surface area contributed by atoms with Gasteiger partial charge in [0.05, 0.1) is 5.69 Å². The van der Waals surface area contributed by atoms with E-state index in [1.54, 1.807) is 12.1 Å². The van der Waals surface area contributed by atoms with E-state index in [0.29, 0.717) is 29.9 Å². The zero-order valence-electron chi connectivity index (χ0n) is 15.9. The summed E-state index contributed by atoms with van der Waals surface area (Å²) in [5.41, 5.74) is 2.50. The fraction of sp³-hybridized carbons (Fsp3) is 0.304. The van der Waals surface area contributed by atoms with Gasteiger partial charge in [-0.15, -0.1) is 0 Å². The van der Waals surface area contributed by atoms with Crippen LogP contribution in [0, 0.1) is 5.82 Å². The lowest BCUT2D eigenvalue weighted by Crippen LogP contribution is -2.23. The van der Waals surface area contributed by atoms with Gasteiger partial charge in [0.2, 0.25) is 5.95 Å². The number of hydrogen-bond acceptors (Lipinski definition) is 4. The molecule has 144 valence electrons. The molecule has 1 fully saturated rings. The number of nitrogens with one attached hydrogen (secondary N) is 2. The van der Waals surface area contributed by atoms with Crippen LogP contribution in [0.15, 0.2) is 60.7 Å². The summed E-state index contributed by atoms with van der Waals surface area (Å²) in [7, 11) is 0. The van der Waals surface area contributed by atoms with Gasteiger partial charge < -0.3 is 10.6 Å². The number of hydrogen-bond donors (Lipinski definition) is 2. The SMILES string of the molecule is Fc1ccccc1CNc1cc(-c2ccccc2)nc(NC2CCCCC2)n1. The van der Waals surface area contributed by atoms with E-state index in [1.807, 2.05) is 42.5 Å². The summed E-state index contributed by atoms with van der Waals surface area (Å²) < 4.78 is 13.9. The molecule has 1 saturated carbocycles. The van der Waals surface area contributed by atoms with Gasteiger partial charge in [-0.25, -0.2) is 9.37 Å². The molecule has 0 aliphatic heterocycles. The molecule has 0 amide bonds. The van der Waals surface area contributed by atoms with Crippen LogP contribution in [0.5, 0.6) is 0 Å². The number of nitrogens with zero attached hydrogens (tertiary/aromatic N) is 2. The number of benzene rings is 2. The molecule has 1 aromatic heterocycles. The second-order valence-corrected chi connectivity index (χ2v) is 7.25. The van der Waals surface area contributed by atoms with Gasteiger partial charge in [0.1, 0.15) is 11.6 Å². The van der Waals surface area contributed by atoms with Gasteiger partial charge in [0, 0.05) is 29.8 Å². The molecule has 4 nitrogen and oxygen atoms in total. The van der Waals surface area contributed by atoms with Gasteiger partial charge in [0.15, 0.2) is 0 Å². The molecule has 0 spiro atoms. The highest BCUT2D eigenvalue weighted by atomic mass is 19.1. The van der Waals surface area contributed by atoms with E-state index in [-0.39, 0.29) is 5.82 Å². The molecule has 0 saturated heterocycles. The molecule has 1 aliphatic carbocycles. The standard InChI is InChI=1S/C23H25FN4/c24-20-14-8-7-11-18(20)16-25-22-15-21(17-9-3-1-4-10-17)27-23(28-22)26-19-12-5-2-6-13-19/h1,3-4,7-11,14-15,19H,2,5-6,12-13,16H2,(H2,25,26,27,28). The van der Waals surface area contributed by atoms with E-state index in [4.69, 9.17) is 4.98 Å². The first-order chi connectivity index (χ1) is 13.8. The minimum absolute atomic E-state index is 0.215. The predicted molar refractivity (Wildman–Crippen MR) is 112 cm³/mol. The Morgan fingerprint density at radius 2 is 1.64 bits per heavy atom. The molecule has 2 N–H and O–H groups in total. The monoisotopic (exact) mass is 376 g/mol. The summed E-state index contributed by atoms with van der Waals surface area (Å²) in [6.45, 7) is 0.376. The molecule has 0 radical (unpaired) electrons. The van der Waals surface area contributed by atoms with Crippen molar-refractivity contribution < 1.29 is 4.39 Å². The molecular weight excluding hydrogens is 351 g/mol. The van der Waals surface area contributed by atoms with Crippen molar-refractivity contribution in [3.63, 3.8) is 0 Å². The summed E-state index contributed by atoms with van der Waals surface area (Å²) in [4.78, 5) is 9.38. The van der Waals surface area contributed by atoms with Crippen LogP contribution in [0.1, 0.15) is 37.7 Å². The minimum Gasteiger partial charge on any atom is -0.366 e. The van der Waals surface area contributed by atoms with E-state index >= 15 is 0 Å². The van der Waals surface area contributed by atoms with E-state index in [1.165, 1.54) is 25.3 Å². The van der Waals surface area contributed by atoms with Gasteiger partial charge in [-0.1, -0.05) is 67.8 Å². The Balaban J connectivity index is 1.58. The highest BCUT2D eigenvalue weighted by molar-refractivity contribution is 5.64. The van der Waals surface area contributed by atoms with Gasteiger partial charge in [0.25, 0.3) is 0 Å². The van der Waals surface area contributed by atoms with Crippen molar-refractivity contribution in [2.45, 2.75) is 44.7 Å². The fourth-order valence-electron chi connectivity index (χ4n) is 3.62. The fourth-order valence-corrected chi connectivity index (χ4v) is 3.62. The quantitative estimate of drug-likeness (QED) is 0.584. The molecule has 5 heteroatoms. The van der Waals surface area contributed by atoms with Gasteiger partial charge >= 0.3 is 0 Å². The molecule has 1 heterocycles. The molecule has 28 heavy (non-hydrogen) atoms. The molecule has 0 atom stereocenters. The van der Waals surface area contributed by atoms with Crippen molar-refractivity contribution >= 4 is 11.8 Å². The summed E-state index contributed by atoms with van der Waals surface area (Å²) in [6, 6.07) is 19.2. The number of rotatable bonds is 6. The molecule has 0 unspecified atom stereocenters. The maximum Gasteiger partial charge on any atom is 0.225 e. The van der Waals surface area contributed by atoms with Gasteiger partial charge in [-0.3, -0.25) is 0 Å². The van der Waals surface area contributed by atoms with Crippen molar-refractivity contribution in [3.05, 3.63) is 72.0 Å². The van der Waals surface area contributed by atoms with Crippen LogP contribution in [0.4, 0.5) is 16.2 Å². The van der Waals surface area contributed by atoms with Gasteiger partial charge in [-0.05, 0) is 18.9 Å². The van der Waals surface area contributed by atoms with Crippen LogP contribution >= 0.6 is 0 Å². The summed E-state index contributed by atoms with van der Waals surface area (Å²) in [5.74, 6) is 1.10. The third kappa shape index (κ3) is 4.66. The first kappa shape index (κ1) is 18.4. The third-order valence-electron chi connectivity index (χ3n) is 5.15. The highest BCUT2D eigenvalue weighted by Gasteiger charge is 2.15. The Morgan fingerprint density at radius 3 is 2.43 bits per heavy atom. The third-order valence-corrected chi connectivity index (χ3v) is 5.15. The second-order valence-electron chi connectivity index (χ2n) is 7.25. The molecular formula is C23H25FN4. The Bertz CT molecular complexity index is 907. The molecule has 4 rings (SSSR count). The predicted octanol–water partition coefficient (Wildman–Crippen LogP) is 5.64. The number of halogens is 1. The van der Waals surface area contributed by atoms with Crippen LogP contribution in [-0.2, 0) is 6.54 Å². The van der Waals surface area contributed by atoms with Crippen molar-refractivity contribution in [2.75, 3.05) is 10.6 Å². The zero-order valence-corrected chi connectivity index (χ0v) is 15.9. The van der Waals surface area contributed by atoms with Crippen molar-refractivity contribution in [3.8, 4) is 11.3 Å². The Labute approximate surface area is 165 Å². The van der Waals surface area contributed by atoms with Gasteiger partial charge in [-0.2, -0.15) is 4.98 Å². The van der Waals surface area contributed by atoms with Crippen LogP contribution in [0.2, 0.25) is 0 Å². The number of aromatic nitrogens is 2. The zero-order chi connectivity index (χ0) is 19.2. The average molecular weight is 376 g/mol. The molecule has 0 bridgehead atoms. The molecule has 1 aliphatic rings. The van der Waals surface area contributed by atoms with Crippen molar-refractivity contribution in [1.82, 2.24) is 9.97 Å². The van der Waals surface area contributed by atoms with Crippen LogP contribution < -0.4 is 10.6 Å². The first-order valence-corrected chi connectivity index (χ1v) is 9.96. The van der Waals surface area contributed by atoms with Crippen LogP contribution in [0.25, 0.3) is 11.3 Å². The van der Waals surface area contributed by atoms with Crippen molar-refractivity contribution in [2.24, 2.45) is 0 Å². The second kappa shape index (κ2) is 8.83. The van der Waals surface area contributed by atoms with E-state index in [2.05, 4.69) is 15.6 Å². The Kier molecular flexibility index (Phi) is 5.80. The average Bonchev–Trinajstić information content (AvgIpc) is 2.74. The summed E-state index contributed by atoms with van der Waals surface area (Å²) >= 11 is 0. The topological polar surface area (TPSA) is 49.8 Å². The maximum atomic E-state index is 13.9. The van der Waals surface area contributed by atoms with Crippen LogP contribution in [-0.4, -0.2) is 16.0 Å². The summed E-state index contributed by atoms with van der Waals surface area (Å²) in [6.07, 6.45) is 6.09. The minimum atomic E-state index is -0.215. The molecule has 2 aromatic carbocycles. The van der Waals surface area contributed by atoms with Crippen LogP contribution in [0.3, 0.4) is 0 Å². The molecule has 3 aromatic rings. The van der Waals surface area contributed by atoms with Crippen molar-refractivity contribution in [1.29, 1.82) is 0 Å². The lowest BCUT2D eigenvalue weighted by molar-refractivity contribution is 0.461. The highest BCUT2D eigenvalue weighted by Crippen LogP contribution is 2.25. The smallest absolute Gasteiger partial charge is 0.225 e. The Morgan fingerprint density at radius 1 is 0.893 bits per heavy atom.